The van der Waals surface area contributed by atoms with Crippen LogP contribution in [0.4, 0.5) is 11.4 Å². The zero-order chi connectivity index (χ0) is 24.5. The summed E-state index contributed by atoms with van der Waals surface area (Å²) >= 11 is 0. The predicted octanol–water partition coefficient (Wildman–Crippen LogP) is 9.13. The topological polar surface area (TPSA) is 19.0 Å². The number of nitrogens with zero attached hydrogens (tertiary/aromatic N) is 1. The zero-order valence-corrected chi connectivity index (χ0v) is 21.0. The minimum Gasteiger partial charge on any atom is -0.355 e. The number of aromatic amines is 1. The Balaban J connectivity index is 1.33. The van der Waals surface area contributed by atoms with E-state index in [2.05, 4.69) is 133 Å². The van der Waals surface area contributed by atoms with Crippen molar-refractivity contribution in [2.24, 2.45) is 0 Å². The molecule has 1 atom stereocenters. The van der Waals surface area contributed by atoms with Crippen molar-refractivity contribution in [1.29, 1.82) is 0 Å². The van der Waals surface area contributed by atoms with Gasteiger partial charge in [-0.15, -0.1) is 0 Å². The number of fused-ring (bicyclic) bond motifs is 3. The zero-order valence-electron chi connectivity index (χ0n) is 21.0. The van der Waals surface area contributed by atoms with Gasteiger partial charge < -0.3 is 9.88 Å². The molecule has 5 aromatic rings. The average Bonchev–Trinajstić information content (AvgIpc) is 3.28. The molecule has 0 fully saturated rings. The molecule has 2 heteroatoms. The number of para-hydroxylation sites is 2. The third-order valence-corrected chi connectivity index (χ3v) is 7.35. The molecule has 1 aliphatic rings. The Morgan fingerprint density at radius 1 is 0.833 bits per heavy atom. The van der Waals surface area contributed by atoms with Crippen LogP contribution in [0.15, 0.2) is 109 Å². The summed E-state index contributed by atoms with van der Waals surface area (Å²) in [5.41, 5.74) is 10.2. The van der Waals surface area contributed by atoms with Gasteiger partial charge in [-0.05, 0) is 84.5 Å². The summed E-state index contributed by atoms with van der Waals surface area (Å²) in [6, 6.07) is 33.4. The number of aryl methyl sites for hydroxylation is 2. The summed E-state index contributed by atoms with van der Waals surface area (Å²) in [6.45, 7) is 4.44. The smallest absolute Gasteiger partial charge is 0.0560 e. The minimum absolute atomic E-state index is 0.269. The quantitative estimate of drug-likeness (QED) is 0.263. The summed E-state index contributed by atoms with van der Waals surface area (Å²) in [5.74, 6) is 0. The maximum Gasteiger partial charge on any atom is 0.0560 e. The Labute approximate surface area is 213 Å². The molecule has 0 saturated heterocycles. The molecule has 1 heterocycles. The van der Waals surface area contributed by atoms with Gasteiger partial charge in [0.25, 0.3) is 0 Å². The summed E-state index contributed by atoms with van der Waals surface area (Å²) in [7, 11) is 0. The highest BCUT2D eigenvalue weighted by Gasteiger charge is 2.21. The van der Waals surface area contributed by atoms with Crippen molar-refractivity contribution in [2.75, 3.05) is 4.90 Å². The van der Waals surface area contributed by atoms with Crippen LogP contribution in [-0.2, 0) is 6.42 Å². The van der Waals surface area contributed by atoms with Gasteiger partial charge in [0.2, 0.25) is 0 Å². The largest absolute Gasteiger partial charge is 0.355 e. The van der Waals surface area contributed by atoms with E-state index in [1.807, 2.05) is 0 Å². The van der Waals surface area contributed by atoms with E-state index in [-0.39, 0.29) is 6.04 Å². The predicted molar refractivity (Wildman–Crippen MR) is 155 cm³/mol. The monoisotopic (exact) mass is 468 g/mol. The molecular formula is C34H32N2. The van der Waals surface area contributed by atoms with E-state index in [0.717, 1.165) is 12.8 Å². The van der Waals surface area contributed by atoms with E-state index in [4.69, 9.17) is 0 Å². The molecular weight excluding hydrogens is 436 g/mol. The number of rotatable bonds is 6. The van der Waals surface area contributed by atoms with Crippen LogP contribution in [0.3, 0.4) is 0 Å². The number of anilines is 2. The number of H-pyrrole nitrogens is 1. The lowest BCUT2D eigenvalue weighted by atomic mass is 9.94. The second kappa shape index (κ2) is 9.54. The van der Waals surface area contributed by atoms with Crippen LogP contribution in [0, 0.1) is 6.92 Å². The van der Waals surface area contributed by atoms with Crippen LogP contribution >= 0.6 is 0 Å². The van der Waals surface area contributed by atoms with Crippen LogP contribution in [0.2, 0.25) is 0 Å². The molecule has 0 saturated carbocycles. The Bertz CT molecular complexity index is 1590. The molecule has 2 nitrogen and oxygen atoms in total. The van der Waals surface area contributed by atoms with Gasteiger partial charge in [0.05, 0.1) is 6.04 Å². The van der Waals surface area contributed by atoms with Crippen LogP contribution in [0.1, 0.15) is 36.5 Å². The van der Waals surface area contributed by atoms with Gasteiger partial charge in [-0.2, -0.15) is 0 Å². The molecule has 36 heavy (non-hydrogen) atoms. The molecule has 178 valence electrons. The Morgan fingerprint density at radius 2 is 1.58 bits per heavy atom. The van der Waals surface area contributed by atoms with Gasteiger partial charge in [0.15, 0.2) is 0 Å². The first kappa shape index (κ1) is 22.4. The SMILES string of the molecule is CCCc1ccc2[nH]c3ccc(C4=CCC(N(c5ccccc5)c5ccccc5C)C=C4)cc3c2c1. The van der Waals surface area contributed by atoms with E-state index < -0.39 is 0 Å². The van der Waals surface area contributed by atoms with Gasteiger partial charge in [0.1, 0.15) is 0 Å². The molecule has 0 amide bonds. The first-order chi connectivity index (χ1) is 17.7. The third kappa shape index (κ3) is 4.13. The van der Waals surface area contributed by atoms with E-state index in [9.17, 15) is 0 Å². The van der Waals surface area contributed by atoms with Crippen molar-refractivity contribution < 1.29 is 0 Å². The molecule has 0 aliphatic heterocycles. The summed E-state index contributed by atoms with van der Waals surface area (Å²) in [5, 5.41) is 2.63. The maximum atomic E-state index is 3.60. The van der Waals surface area contributed by atoms with Crippen LogP contribution in [0.25, 0.3) is 27.4 Å². The first-order valence-corrected chi connectivity index (χ1v) is 13.0. The van der Waals surface area contributed by atoms with Gasteiger partial charge in [-0.3, -0.25) is 0 Å². The number of aromatic nitrogens is 1. The van der Waals surface area contributed by atoms with Crippen molar-refractivity contribution in [3.8, 4) is 0 Å². The van der Waals surface area contributed by atoms with Crippen molar-refractivity contribution in [2.45, 2.75) is 39.2 Å². The second-order valence-electron chi connectivity index (χ2n) is 9.83. The van der Waals surface area contributed by atoms with Gasteiger partial charge >= 0.3 is 0 Å². The molecule has 1 aliphatic carbocycles. The second-order valence-corrected chi connectivity index (χ2v) is 9.83. The maximum absolute atomic E-state index is 3.60. The molecule has 0 spiro atoms. The van der Waals surface area contributed by atoms with Gasteiger partial charge in [-0.25, -0.2) is 0 Å². The van der Waals surface area contributed by atoms with E-state index in [0.29, 0.717) is 0 Å². The lowest BCUT2D eigenvalue weighted by molar-refractivity contribution is 0.785. The molecule has 1 aromatic heterocycles. The molecule has 0 radical (unpaired) electrons. The normalized spacial score (nSPS) is 15.4. The third-order valence-electron chi connectivity index (χ3n) is 7.35. The molecule has 0 bridgehead atoms. The minimum atomic E-state index is 0.269. The lowest BCUT2D eigenvalue weighted by Crippen LogP contribution is -2.30. The fraction of sp³-hybridized carbons (Fsp3) is 0.176. The lowest BCUT2D eigenvalue weighted by Gasteiger charge is -2.34. The summed E-state index contributed by atoms with van der Waals surface area (Å²) in [4.78, 5) is 6.07. The average molecular weight is 469 g/mol. The van der Waals surface area contributed by atoms with Crippen molar-refractivity contribution >= 4 is 38.8 Å². The highest BCUT2D eigenvalue weighted by molar-refractivity contribution is 6.08. The van der Waals surface area contributed by atoms with Crippen LogP contribution in [0.5, 0.6) is 0 Å². The van der Waals surface area contributed by atoms with E-state index in [1.165, 1.54) is 61.9 Å². The van der Waals surface area contributed by atoms with Crippen LogP contribution < -0.4 is 4.90 Å². The molecule has 1 unspecified atom stereocenters. The standard InChI is InChI=1S/C34H32N2/c1-3-9-25-14-20-32-30(22-25)31-23-27(17-21-33(31)35-32)26-15-18-29(19-16-26)36(28-11-5-4-6-12-28)34-13-8-7-10-24(34)2/h4-8,10-18,20-23,29,35H,3,9,19H2,1-2H3. The number of nitrogens with one attached hydrogen (secondary N) is 1. The highest BCUT2D eigenvalue weighted by atomic mass is 15.2. The summed E-state index contributed by atoms with van der Waals surface area (Å²) < 4.78 is 0. The number of hydrogen-bond donors (Lipinski definition) is 1. The van der Waals surface area contributed by atoms with E-state index in [1.54, 1.807) is 0 Å². The fourth-order valence-electron chi connectivity index (χ4n) is 5.51. The van der Waals surface area contributed by atoms with Crippen molar-refractivity contribution in [3.63, 3.8) is 0 Å². The van der Waals surface area contributed by atoms with Crippen LogP contribution in [-0.4, -0.2) is 11.0 Å². The fourth-order valence-corrected chi connectivity index (χ4v) is 5.51. The first-order valence-electron chi connectivity index (χ1n) is 13.0. The van der Waals surface area contributed by atoms with Gasteiger partial charge in [0, 0.05) is 33.2 Å². The Morgan fingerprint density at radius 3 is 2.33 bits per heavy atom. The summed E-state index contributed by atoms with van der Waals surface area (Å²) in [6.07, 6.45) is 10.3. The van der Waals surface area contributed by atoms with Crippen molar-refractivity contribution in [3.05, 3.63) is 126 Å². The molecule has 6 rings (SSSR count). The Hall–Kier alpha value is -4.04. The molecule has 1 N–H and O–H groups in total. The Kier molecular flexibility index (Phi) is 5.95. The van der Waals surface area contributed by atoms with E-state index >= 15 is 0 Å². The highest BCUT2D eigenvalue weighted by Crippen LogP contribution is 2.36. The number of benzene rings is 4. The van der Waals surface area contributed by atoms with Gasteiger partial charge in [-0.1, -0.05) is 80.1 Å². The number of allylic oxidation sites excluding steroid dienone is 2. The number of hydrogen-bond acceptors (Lipinski definition) is 1. The van der Waals surface area contributed by atoms with Crippen molar-refractivity contribution in [1.82, 2.24) is 4.98 Å². The molecule has 4 aromatic carbocycles.